The normalized spacial score (nSPS) is 12.4. The molecule has 0 aliphatic heterocycles. The van der Waals surface area contributed by atoms with Crippen LogP contribution in [-0.4, -0.2) is 26.0 Å². The molecule has 1 aromatic carbocycles. The van der Waals surface area contributed by atoms with Crippen LogP contribution in [0, 0.1) is 0 Å². The quantitative estimate of drug-likeness (QED) is 0.408. The van der Waals surface area contributed by atoms with E-state index in [1.165, 1.54) is 17.8 Å². The van der Waals surface area contributed by atoms with Gasteiger partial charge < -0.3 is 9.97 Å². The first kappa shape index (κ1) is 16.5. The second-order valence-electron chi connectivity index (χ2n) is 5.66. The van der Waals surface area contributed by atoms with Gasteiger partial charge in [-0.25, -0.2) is 4.98 Å². The number of ketones is 1. The zero-order valence-corrected chi connectivity index (χ0v) is 14.4. The number of aryl methyl sites for hydroxylation is 1. The highest BCUT2D eigenvalue weighted by molar-refractivity contribution is 8.00. The van der Waals surface area contributed by atoms with E-state index in [9.17, 15) is 9.59 Å². The smallest absolute Gasteiger partial charge is 0.251 e. The lowest BCUT2D eigenvalue weighted by Crippen LogP contribution is -2.16. The lowest BCUT2D eigenvalue weighted by molar-refractivity contribution is 0.0995. The minimum atomic E-state index is -0.343. The van der Waals surface area contributed by atoms with E-state index < -0.39 is 0 Å². The molecule has 3 aromatic rings. The molecule has 0 fully saturated rings. The van der Waals surface area contributed by atoms with Gasteiger partial charge in [0.15, 0.2) is 10.9 Å². The van der Waals surface area contributed by atoms with E-state index in [2.05, 4.69) is 15.0 Å². The molecule has 0 saturated carbocycles. The van der Waals surface area contributed by atoms with Crippen molar-refractivity contribution in [1.82, 2.24) is 15.0 Å². The van der Waals surface area contributed by atoms with Crippen molar-refractivity contribution in [2.24, 2.45) is 0 Å². The van der Waals surface area contributed by atoms with Crippen LogP contribution in [-0.2, 0) is 6.42 Å². The number of nitrogens with one attached hydrogen (secondary N) is 2. The lowest BCUT2D eigenvalue weighted by atomic mass is 10.1. The van der Waals surface area contributed by atoms with Crippen LogP contribution < -0.4 is 5.56 Å². The van der Waals surface area contributed by atoms with Gasteiger partial charge in [-0.1, -0.05) is 43.3 Å². The molecule has 0 spiro atoms. The summed E-state index contributed by atoms with van der Waals surface area (Å²) in [6, 6.07) is 9.23. The number of aromatic nitrogens is 3. The number of thioether (sulfide) groups is 1. The Hall–Kier alpha value is -2.34. The summed E-state index contributed by atoms with van der Waals surface area (Å²) in [6.45, 7) is 3.88. The number of benzene rings is 1. The third-order valence-corrected chi connectivity index (χ3v) is 4.78. The Morgan fingerprint density at radius 3 is 2.92 bits per heavy atom. The van der Waals surface area contributed by atoms with Gasteiger partial charge in [-0.3, -0.25) is 9.59 Å². The molecule has 0 amide bonds. The largest absolute Gasteiger partial charge is 0.360 e. The van der Waals surface area contributed by atoms with Crippen molar-refractivity contribution in [3.63, 3.8) is 0 Å². The van der Waals surface area contributed by atoms with E-state index in [0.717, 1.165) is 29.4 Å². The number of Topliss-reactive ketones (excluding diaryl/α,β-unsaturated/α-hetero) is 1. The average Bonchev–Trinajstić information content (AvgIpc) is 2.98. The maximum atomic E-state index is 12.8. The molecule has 24 heavy (non-hydrogen) atoms. The summed E-state index contributed by atoms with van der Waals surface area (Å²) in [7, 11) is 0. The van der Waals surface area contributed by atoms with Crippen LogP contribution in [0.15, 0.2) is 46.5 Å². The second-order valence-corrected chi connectivity index (χ2v) is 6.99. The van der Waals surface area contributed by atoms with Gasteiger partial charge in [0.05, 0.1) is 5.25 Å². The second kappa shape index (κ2) is 7.05. The van der Waals surface area contributed by atoms with Crippen LogP contribution >= 0.6 is 11.8 Å². The first-order chi connectivity index (χ1) is 11.6. The number of carbonyl (C=O) groups is 1. The third kappa shape index (κ3) is 3.43. The number of rotatable bonds is 6. The molecule has 2 N–H and O–H groups in total. The van der Waals surface area contributed by atoms with Crippen LogP contribution in [0.3, 0.4) is 0 Å². The van der Waals surface area contributed by atoms with E-state index in [1.54, 1.807) is 6.20 Å². The molecule has 124 valence electrons. The van der Waals surface area contributed by atoms with E-state index >= 15 is 0 Å². The summed E-state index contributed by atoms with van der Waals surface area (Å²) in [5.41, 5.74) is 2.19. The van der Waals surface area contributed by atoms with E-state index in [-0.39, 0.29) is 16.6 Å². The summed E-state index contributed by atoms with van der Waals surface area (Å²) < 4.78 is 0. The van der Waals surface area contributed by atoms with Crippen molar-refractivity contribution in [3.8, 4) is 0 Å². The Balaban J connectivity index is 1.83. The number of aromatic amines is 2. The van der Waals surface area contributed by atoms with Crippen LogP contribution in [0.5, 0.6) is 0 Å². The molecule has 0 bridgehead atoms. The Morgan fingerprint density at radius 2 is 2.12 bits per heavy atom. The minimum Gasteiger partial charge on any atom is -0.360 e. The highest BCUT2D eigenvalue weighted by atomic mass is 32.2. The number of H-pyrrole nitrogens is 2. The molecule has 1 atom stereocenters. The fourth-order valence-electron chi connectivity index (χ4n) is 2.64. The highest BCUT2D eigenvalue weighted by Crippen LogP contribution is 2.26. The predicted molar refractivity (Wildman–Crippen MR) is 96.8 cm³/mol. The molecule has 6 heteroatoms. The third-order valence-electron chi connectivity index (χ3n) is 3.79. The lowest BCUT2D eigenvalue weighted by Gasteiger charge is -2.09. The first-order valence-electron chi connectivity index (χ1n) is 7.95. The molecule has 0 aliphatic rings. The Kier molecular flexibility index (Phi) is 4.85. The minimum absolute atomic E-state index is 0.0148. The van der Waals surface area contributed by atoms with Crippen LogP contribution in [0.1, 0.15) is 36.3 Å². The van der Waals surface area contributed by atoms with E-state index in [0.29, 0.717) is 10.7 Å². The molecule has 3 rings (SSSR count). The fraction of sp³-hybridized carbons (Fsp3) is 0.278. The summed E-state index contributed by atoms with van der Waals surface area (Å²) in [6.07, 6.45) is 3.42. The van der Waals surface area contributed by atoms with Gasteiger partial charge in [0.2, 0.25) is 0 Å². The number of fused-ring (bicyclic) bond motifs is 1. The van der Waals surface area contributed by atoms with Gasteiger partial charge in [0.25, 0.3) is 5.56 Å². The molecule has 0 unspecified atom stereocenters. The predicted octanol–water partition coefficient (Wildman–Crippen LogP) is 3.57. The first-order valence-corrected chi connectivity index (χ1v) is 8.83. The standard InChI is InChI=1S/C18H19N3O2S/c1-3-6-12-9-16(22)21-18(20-12)24-11(2)17(23)14-10-19-15-8-5-4-7-13(14)15/h4-5,7-11,19H,3,6H2,1-2H3,(H,20,21,22)/t11-/m1/s1. The molecule has 0 aliphatic carbocycles. The van der Waals surface area contributed by atoms with Crippen molar-refractivity contribution < 1.29 is 4.79 Å². The van der Waals surface area contributed by atoms with Gasteiger partial charge >= 0.3 is 0 Å². The van der Waals surface area contributed by atoms with Gasteiger partial charge in [0.1, 0.15) is 0 Å². The SMILES string of the molecule is CCCc1cc(=O)[nH]c(S[C@H](C)C(=O)c2c[nH]c3ccccc23)n1. The van der Waals surface area contributed by atoms with E-state index in [4.69, 9.17) is 0 Å². The summed E-state index contributed by atoms with van der Waals surface area (Å²) >= 11 is 1.28. The molecule has 0 radical (unpaired) electrons. The molecule has 0 saturated heterocycles. The fourth-order valence-corrected chi connectivity index (χ4v) is 3.54. The van der Waals surface area contributed by atoms with Crippen LogP contribution in [0.25, 0.3) is 10.9 Å². The Labute approximate surface area is 143 Å². The summed E-state index contributed by atoms with van der Waals surface area (Å²) in [4.78, 5) is 34.8. The maximum Gasteiger partial charge on any atom is 0.251 e. The monoisotopic (exact) mass is 341 g/mol. The summed E-state index contributed by atoms with van der Waals surface area (Å²) in [5.74, 6) is 0.0148. The average molecular weight is 341 g/mol. The Morgan fingerprint density at radius 1 is 1.33 bits per heavy atom. The topological polar surface area (TPSA) is 78.6 Å². The number of hydrogen-bond donors (Lipinski definition) is 2. The molecular weight excluding hydrogens is 322 g/mol. The van der Waals surface area contributed by atoms with Crippen molar-refractivity contribution >= 4 is 28.4 Å². The van der Waals surface area contributed by atoms with E-state index in [1.807, 2.05) is 38.1 Å². The van der Waals surface area contributed by atoms with Crippen molar-refractivity contribution in [3.05, 3.63) is 58.1 Å². The Bertz CT molecular complexity index is 929. The zero-order valence-electron chi connectivity index (χ0n) is 13.6. The van der Waals surface area contributed by atoms with Crippen LogP contribution in [0.2, 0.25) is 0 Å². The number of para-hydroxylation sites is 1. The van der Waals surface area contributed by atoms with Gasteiger partial charge in [-0.15, -0.1) is 0 Å². The van der Waals surface area contributed by atoms with Crippen LogP contribution in [0.4, 0.5) is 0 Å². The van der Waals surface area contributed by atoms with Gasteiger partial charge in [-0.05, 0) is 19.4 Å². The highest BCUT2D eigenvalue weighted by Gasteiger charge is 2.20. The van der Waals surface area contributed by atoms with Crippen molar-refractivity contribution in [1.29, 1.82) is 0 Å². The number of hydrogen-bond acceptors (Lipinski definition) is 4. The molecular formula is C18H19N3O2S. The molecule has 5 nitrogen and oxygen atoms in total. The zero-order chi connectivity index (χ0) is 17.1. The summed E-state index contributed by atoms with van der Waals surface area (Å²) in [5, 5.41) is 1.06. The number of carbonyl (C=O) groups excluding carboxylic acids is 1. The van der Waals surface area contributed by atoms with Gasteiger partial charge in [-0.2, -0.15) is 0 Å². The molecule has 2 aromatic heterocycles. The van der Waals surface area contributed by atoms with Crippen molar-refractivity contribution in [2.45, 2.75) is 37.1 Å². The number of nitrogens with zero attached hydrogens (tertiary/aromatic N) is 1. The van der Waals surface area contributed by atoms with Gasteiger partial charge in [0, 0.05) is 34.4 Å². The van der Waals surface area contributed by atoms with Crippen molar-refractivity contribution in [2.75, 3.05) is 0 Å². The molecule has 2 heterocycles. The maximum absolute atomic E-state index is 12.8.